The molecule has 0 radical (unpaired) electrons. The van der Waals surface area contributed by atoms with E-state index in [1.54, 1.807) is 0 Å². The first-order chi connectivity index (χ1) is 15.3. The normalized spacial score (nSPS) is 19.8. The van der Waals surface area contributed by atoms with E-state index in [2.05, 4.69) is 48.9 Å². The molecule has 3 aliphatic rings. The van der Waals surface area contributed by atoms with Crippen LogP contribution in [-0.2, 0) is 12.8 Å². The quantitative estimate of drug-likeness (QED) is 0.590. The number of rotatable bonds is 2. The molecule has 1 aliphatic carbocycles. The maximum atomic E-state index is 13.3. The van der Waals surface area contributed by atoms with Gasteiger partial charge < -0.3 is 9.88 Å². The lowest BCUT2D eigenvalue weighted by Gasteiger charge is -2.40. The van der Waals surface area contributed by atoms with Crippen LogP contribution in [0.2, 0.25) is 0 Å². The molecule has 2 fully saturated rings. The van der Waals surface area contributed by atoms with E-state index in [0.29, 0.717) is 6.04 Å². The second-order valence-corrected chi connectivity index (χ2v) is 10.3. The number of nitrogens with zero attached hydrogens (tertiary/aromatic N) is 3. The Hall–Kier alpha value is -1.96. The summed E-state index contributed by atoms with van der Waals surface area (Å²) in [6.07, 6.45) is 7.31. The predicted octanol–water partition coefficient (Wildman–Crippen LogP) is 4.12. The van der Waals surface area contributed by atoms with Crippen molar-refractivity contribution < 1.29 is 4.79 Å². The smallest absolute Gasteiger partial charge is 0.253 e. The second-order valence-electron chi connectivity index (χ2n) is 9.03. The largest absolute Gasteiger partial charge is 0.353 e. The van der Waals surface area contributed by atoms with Gasteiger partial charge >= 0.3 is 0 Å². The first-order valence-corrected chi connectivity index (χ1v) is 12.7. The molecule has 8 heteroatoms. The fourth-order valence-corrected chi connectivity index (χ4v) is 6.52. The summed E-state index contributed by atoms with van der Waals surface area (Å²) in [6.45, 7) is 4.15. The molecule has 0 spiro atoms. The van der Waals surface area contributed by atoms with Crippen molar-refractivity contribution in [2.24, 2.45) is 0 Å². The van der Waals surface area contributed by atoms with E-state index >= 15 is 0 Å². The molecule has 0 atom stereocenters. The molecule has 4 heterocycles. The lowest BCUT2D eigenvalue weighted by atomic mass is 10.0. The van der Waals surface area contributed by atoms with Gasteiger partial charge in [-0.2, -0.15) is 16.9 Å². The van der Waals surface area contributed by atoms with Gasteiger partial charge in [0, 0.05) is 60.2 Å². The number of hydrogen-bond donors (Lipinski definition) is 2. The van der Waals surface area contributed by atoms with E-state index in [9.17, 15) is 4.79 Å². The van der Waals surface area contributed by atoms with E-state index < -0.39 is 0 Å². The molecule has 2 N–H and O–H groups in total. The third-order valence-corrected chi connectivity index (χ3v) is 8.25. The number of benzene rings is 1. The average Bonchev–Trinajstić information content (AvgIpc) is 3.39. The number of amides is 1. The first-order valence-electron chi connectivity index (χ1n) is 11.6. The molecule has 2 aromatic heterocycles. The number of thioether (sulfide) groups is 1. The molecule has 0 bridgehead atoms. The van der Waals surface area contributed by atoms with Gasteiger partial charge in [0.2, 0.25) is 0 Å². The van der Waals surface area contributed by atoms with Gasteiger partial charge in [-0.25, -0.2) is 0 Å². The van der Waals surface area contributed by atoms with E-state index in [1.807, 2.05) is 12.3 Å². The Morgan fingerprint density at radius 2 is 1.88 bits per heavy atom. The molecule has 0 saturated carbocycles. The van der Waals surface area contributed by atoms with Gasteiger partial charge in [0.1, 0.15) is 0 Å². The molecule has 1 aromatic carbocycles. The fourth-order valence-electron chi connectivity index (χ4n) is 5.59. The molecule has 170 valence electrons. The summed E-state index contributed by atoms with van der Waals surface area (Å²) in [6, 6.07) is 6.83. The van der Waals surface area contributed by atoms with Crippen molar-refractivity contribution in [1.29, 1.82) is 0 Å². The molecular formula is C24H30ClN5OS. The molecule has 1 amide bonds. The molecule has 0 unspecified atom stereocenters. The molecule has 2 aliphatic heterocycles. The van der Waals surface area contributed by atoms with Crippen molar-refractivity contribution in [3.63, 3.8) is 0 Å². The summed E-state index contributed by atoms with van der Waals surface area (Å²) >= 11 is 2.06. The maximum Gasteiger partial charge on any atom is 0.253 e. The molecule has 2 saturated heterocycles. The Balaban J connectivity index is 0.00000216. The standard InChI is InChI=1S/C24H29N5OS.ClH/c30-24(29-8-6-18(7-9-29)28-10-12-31-13-11-28)16-4-5-21-20(14-16)19-3-1-2-17-15-25-27-22(17)23(19)26-21;/h4-5,14-15,18,26H,1-3,6-13H2,(H,25,27);1H. The van der Waals surface area contributed by atoms with Crippen LogP contribution in [0.4, 0.5) is 0 Å². The number of nitrogens with one attached hydrogen (secondary N) is 2. The number of piperidine rings is 1. The monoisotopic (exact) mass is 471 g/mol. The fraction of sp³-hybridized carbons (Fsp3) is 0.500. The Morgan fingerprint density at radius 3 is 2.69 bits per heavy atom. The molecule has 6 nitrogen and oxygen atoms in total. The van der Waals surface area contributed by atoms with E-state index in [-0.39, 0.29) is 18.3 Å². The van der Waals surface area contributed by atoms with Gasteiger partial charge in [-0.15, -0.1) is 12.4 Å². The zero-order valence-electron chi connectivity index (χ0n) is 18.2. The topological polar surface area (TPSA) is 68.0 Å². The second kappa shape index (κ2) is 9.12. The van der Waals surface area contributed by atoms with Crippen molar-refractivity contribution >= 4 is 41.0 Å². The van der Waals surface area contributed by atoms with Gasteiger partial charge in [-0.05, 0) is 61.4 Å². The van der Waals surface area contributed by atoms with Crippen molar-refractivity contribution in [2.75, 3.05) is 37.7 Å². The van der Waals surface area contributed by atoms with Gasteiger partial charge in [-0.1, -0.05) is 0 Å². The Morgan fingerprint density at radius 1 is 1.06 bits per heavy atom. The lowest BCUT2D eigenvalue weighted by molar-refractivity contribution is 0.0631. The van der Waals surface area contributed by atoms with Crippen LogP contribution < -0.4 is 0 Å². The first kappa shape index (κ1) is 21.9. The molecule has 32 heavy (non-hydrogen) atoms. The van der Waals surface area contributed by atoms with Crippen LogP contribution in [0.5, 0.6) is 0 Å². The number of H-pyrrole nitrogens is 2. The van der Waals surface area contributed by atoms with Gasteiger partial charge in [-0.3, -0.25) is 14.8 Å². The van der Waals surface area contributed by atoms with E-state index in [1.165, 1.54) is 41.1 Å². The van der Waals surface area contributed by atoms with Crippen LogP contribution in [0.25, 0.3) is 22.3 Å². The van der Waals surface area contributed by atoms with Crippen LogP contribution >= 0.6 is 24.2 Å². The summed E-state index contributed by atoms with van der Waals surface area (Å²) in [5, 5.41) is 8.61. The van der Waals surface area contributed by atoms with Crippen molar-refractivity contribution in [3.05, 3.63) is 41.1 Å². The van der Waals surface area contributed by atoms with Crippen molar-refractivity contribution in [2.45, 2.75) is 38.1 Å². The number of aromatic nitrogens is 3. The van der Waals surface area contributed by atoms with Gasteiger partial charge in [0.15, 0.2) is 0 Å². The highest BCUT2D eigenvalue weighted by atomic mass is 35.5. The minimum atomic E-state index is 0. The van der Waals surface area contributed by atoms with E-state index in [4.69, 9.17) is 0 Å². The molecule has 3 aromatic rings. The highest BCUT2D eigenvalue weighted by molar-refractivity contribution is 7.99. The van der Waals surface area contributed by atoms with Crippen LogP contribution in [0.3, 0.4) is 0 Å². The van der Waals surface area contributed by atoms with Crippen molar-refractivity contribution in [3.8, 4) is 11.4 Å². The summed E-state index contributed by atoms with van der Waals surface area (Å²) in [5.74, 6) is 2.68. The number of aromatic amines is 2. The zero-order valence-corrected chi connectivity index (χ0v) is 19.9. The minimum absolute atomic E-state index is 0. The maximum absolute atomic E-state index is 13.3. The highest BCUT2D eigenvalue weighted by Gasteiger charge is 2.29. The lowest BCUT2D eigenvalue weighted by Crippen LogP contribution is -2.49. The Labute approximate surface area is 198 Å². The van der Waals surface area contributed by atoms with E-state index in [0.717, 1.165) is 67.7 Å². The van der Waals surface area contributed by atoms with Crippen LogP contribution in [-0.4, -0.2) is 74.6 Å². The summed E-state index contributed by atoms with van der Waals surface area (Å²) in [7, 11) is 0. The third-order valence-electron chi connectivity index (χ3n) is 7.31. The summed E-state index contributed by atoms with van der Waals surface area (Å²) in [5.41, 5.74) is 6.76. The average molecular weight is 472 g/mol. The number of carbonyl (C=O) groups is 1. The van der Waals surface area contributed by atoms with Crippen LogP contribution in [0.1, 0.15) is 40.7 Å². The number of fused-ring (bicyclic) bond motifs is 5. The summed E-state index contributed by atoms with van der Waals surface area (Å²) in [4.78, 5) is 21.6. The molecule has 6 rings (SSSR count). The number of hydrogen-bond acceptors (Lipinski definition) is 4. The van der Waals surface area contributed by atoms with Gasteiger partial charge in [0.25, 0.3) is 5.91 Å². The summed E-state index contributed by atoms with van der Waals surface area (Å²) < 4.78 is 0. The Bertz CT molecular complexity index is 1110. The number of aryl methyl sites for hydroxylation is 2. The predicted molar refractivity (Wildman–Crippen MR) is 133 cm³/mol. The number of likely N-dealkylation sites (tertiary alicyclic amines) is 1. The third kappa shape index (κ3) is 3.84. The zero-order chi connectivity index (χ0) is 20.8. The number of halogens is 1. The van der Waals surface area contributed by atoms with Crippen molar-refractivity contribution in [1.82, 2.24) is 25.0 Å². The molecular weight excluding hydrogens is 442 g/mol. The number of carbonyl (C=O) groups excluding carboxylic acids is 1. The Kier molecular flexibility index (Phi) is 6.23. The van der Waals surface area contributed by atoms with Crippen LogP contribution in [0, 0.1) is 0 Å². The highest BCUT2D eigenvalue weighted by Crippen LogP contribution is 2.36. The SMILES string of the molecule is Cl.O=C(c1ccc2[nH]c3c(c2c1)CCCc1cn[nH]c1-3)N1CCC(N2CCSCC2)CC1. The minimum Gasteiger partial charge on any atom is -0.353 e. The van der Waals surface area contributed by atoms with Gasteiger partial charge in [0.05, 0.1) is 17.6 Å². The van der Waals surface area contributed by atoms with Crippen LogP contribution in [0.15, 0.2) is 24.4 Å².